The van der Waals surface area contributed by atoms with E-state index in [0.717, 1.165) is 51.4 Å². The van der Waals surface area contributed by atoms with Gasteiger partial charge in [-0.3, -0.25) is 4.79 Å². The van der Waals surface area contributed by atoms with Crippen LogP contribution in [0.1, 0.15) is 49.4 Å². The van der Waals surface area contributed by atoms with Gasteiger partial charge in [-0.2, -0.15) is 0 Å². The number of methoxy groups -OCH3 is 2. The van der Waals surface area contributed by atoms with Crippen molar-refractivity contribution in [3.63, 3.8) is 0 Å². The van der Waals surface area contributed by atoms with Gasteiger partial charge in [-0.05, 0) is 62.1 Å². The third kappa shape index (κ3) is 4.75. The summed E-state index contributed by atoms with van der Waals surface area (Å²) in [5.74, 6) is 2.15. The lowest BCUT2D eigenvalue weighted by Crippen LogP contribution is -2.44. The molecule has 3 aliphatic rings. The molecule has 4 rings (SSSR count). The molecular weight excluding hydrogens is 380 g/mol. The quantitative estimate of drug-likeness (QED) is 0.736. The zero-order valence-corrected chi connectivity index (χ0v) is 18.7. The van der Waals surface area contributed by atoms with E-state index >= 15 is 0 Å². The maximum absolute atomic E-state index is 13.1. The van der Waals surface area contributed by atoms with Crippen LogP contribution in [0.15, 0.2) is 18.2 Å². The Morgan fingerprint density at radius 3 is 2.47 bits per heavy atom. The van der Waals surface area contributed by atoms with E-state index in [1.54, 1.807) is 32.4 Å². The van der Waals surface area contributed by atoms with Gasteiger partial charge in [0.2, 0.25) is 0 Å². The summed E-state index contributed by atoms with van der Waals surface area (Å²) in [6, 6.07) is 5.38. The van der Waals surface area contributed by atoms with Crippen LogP contribution in [0, 0.1) is 11.3 Å². The molecule has 3 heterocycles. The third-order valence-corrected chi connectivity index (χ3v) is 7.20. The molecule has 0 aromatic heterocycles. The number of carbonyl (C=O) groups excluding carboxylic acids is 1. The van der Waals surface area contributed by atoms with Crippen molar-refractivity contribution in [3.8, 4) is 11.5 Å². The molecule has 1 amide bonds. The van der Waals surface area contributed by atoms with Gasteiger partial charge in [0.15, 0.2) is 0 Å². The van der Waals surface area contributed by atoms with E-state index in [1.165, 1.54) is 25.9 Å². The van der Waals surface area contributed by atoms with Crippen molar-refractivity contribution in [2.45, 2.75) is 45.1 Å². The molecule has 1 spiro atoms. The van der Waals surface area contributed by atoms with Gasteiger partial charge in [0, 0.05) is 37.8 Å². The number of benzene rings is 1. The fourth-order valence-corrected chi connectivity index (χ4v) is 5.40. The van der Waals surface area contributed by atoms with Crippen LogP contribution in [0.25, 0.3) is 0 Å². The Morgan fingerprint density at radius 1 is 1.13 bits per heavy atom. The summed E-state index contributed by atoms with van der Waals surface area (Å²) < 4.78 is 16.9. The van der Waals surface area contributed by atoms with E-state index in [4.69, 9.17) is 14.2 Å². The van der Waals surface area contributed by atoms with Crippen molar-refractivity contribution in [2.75, 3.05) is 53.6 Å². The van der Waals surface area contributed by atoms with Crippen molar-refractivity contribution >= 4 is 5.91 Å². The van der Waals surface area contributed by atoms with Crippen molar-refractivity contribution < 1.29 is 19.0 Å². The normalized spacial score (nSPS) is 26.7. The molecule has 1 aromatic rings. The molecule has 1 aromatic carbocycles. The number of rotatable bonds is 5. The van der Waals surface area contributed by atoms with Crippen LogP contribution in [0.4, 0.5) is 0 Å². The van der Waals surface area contributed by atoms with Gasteiger partial charge in [0.1, 0.15) is 11.5 Å². The Balaban J connectivity index is 1.32. The molecule has 2 atom stereocenters. The summed E-state index contributed by atoms with van der Waals surface area (Å²) in [5.41, 5.74) is 0.872. The largest absolute Gasteiger partial charge is 0.497 e. The lowest BCUT2D eigenvalue weighted by Gasteiger charge is -2.38. The second-order valence-electron chi connectivity index (χ2n) is 9.54. The smallest absolute Gasteiger partial charge is 0.254 e. The minimum Gasteiger partial charge on any atom is -0.497 e. The molecule has 6 heteroatoms. The number of nitrogens with zero attached hydrogens (tertiary/aromatic N) is 2. The third-order valence-electron chi connectivity index (χ3n) is 7.20. The van der Waals surface area contributed by atoms with E-state index < -0.39 is 0 Å². The summed E-state index contributed by atoms with van der Waals surface area (Å²) in [6.07, 6.45) is 6.19. The predicted molar refractivity (Wildman–Crippen MR) is 116 cm³/mol. The highest BCUT2D eigenvalue weighted by molar-refractivity contribution is 5.95. The zero-order chi connectivity index (χ0) is 21.1. The molecule has 166 valence electrons. The maximum Gasteiger partial charge on any atom is 0.254 e. The second-order valence-corrected chi connectivity index (χ2v) is 9.54. The number of piperidine rings is 2. The number of hydrogen-bond acceptors (Lipinski definition) is 5. The van der Waals surface area contributed by atoms with Crippen LogP contribution < -0.4 is 9.47 Å². The highest BCUT2D eigenvalue weighted by Gasteiger charge is 2.43. The SMILES string of the molecule is COc1cc(OC)cc(C(=O)N2CCC3(CC2)CO[C@@H](CN2CCC[C@H](C)C2)C3)c1. The number of carbonyl (C=O) groups is 1. The number of ether oxygens (including phenoxy) is 3. The first-order valence-corrected chi connectivity index (χ1v) is 11.4. The molecule has 3 saturated heterocycles. The van der Waals surface area contributed by atoms with Crippen molar-refractivity contribution in [1.29, 1.82) is 0 Å². The average molecular weight is 417 g/mol. The molecule has 3 aliphatic heterocycles. The first-order valence-electron chi connectivity index (χ1n) is 11.4. The van der Waals surface area contributed by atoms with Crippen LogP contribution in [-0.4, -0.2) is 75.4 Å². The Hall–Kier alpha value is -1.79. The van der Waals surface area contributed by atoms with E-state index in [9.17, 15) is 4.79 Å². The van der Waals surface area contributed by atoms with Gasteiger partial charge in [0.25, 0.3) is 5.91 Å². The van der Waals surface area contributed by atoms with Gasteiger partial charge >= 0.3 is 0 Å². The Kier molecular flexibility index (Phi) is 6.54. The molecule has 6 nitrogen and oxygen atoms in total. The summed E-state index contributed by atoms with van der Waals surface area (Å²) in [6.45, 7) is 8.26. The number of hydrogen-bond donors (Lipinski definition) is 0. The minimum atomic E-state index is 0.0554. The van der Waals surface area contributed by atoms with E-state index in [1.807, 2.05) is 4.90 Å². The Morgan fingerprint density at radius 2 is 1.83 bits per heavy atom. The highest BCUT2D eigenvalue weighted by atomic mass is 16.5. The van der Waals surface area contributed by atoms with Gasteiger partial charge in [-0.15, -0.1) is 0 Å². The highest BCUT2D eigenvalue weighted by Crippen LogP contribution is 2.42. The first-order chi connectivity index (χ1) is 14.5. The summed E-state index contributed by atoms with van der Waals surface area (Å²) in [5, 5.41) is 0. The Labute approximate surface area is 180 Å². The van der Waals surface area contributed by atoms with Gasteiger partial charge in [0.05, 0.1) is 26.9 Å². The van der Waals surface area contributed by atoms with Gasteiger partial charge in [-0.25, -0.2) is 0 Å². The van der Waals surface area contributed by atoms with Gasteiger partial charge < -0.3 is 24.0 Å². The van der Waals surface area contributed by atoms with Crippen molar-refractivity contribution in [1.82, 2.24) is 9.80 Å². The number of amides is 1. The fraction of sp³-hybridized carbons (Fsp3) is 0.708. The van der Waals surface area contributed by atoms with Crippen LogP contribution in [0.3, 0.4) is 0 Å². The maximum atomic E-state index is 13.1. The van der Waals surface area contributed by atoms with Crippen LogP contribution >= 0.6 is 0 Å². The molecule has 0 N–H and O–H groups in total. The fourth-order valence-electron chi connectivity index (χ4n) is 5.40. The van der Waals surface area contributed by atoms with Crippen molar-refractivity contribution in [2.24, 2.45) is 11.3 Å². The standard InChI is InChI=1S/C24H36N2O4/c1-18-5-4-8-25(15-18)16-22-14-24(17-30-22)6-9-26(10-7-24)23(27)19-11-20(28-2)13-21(12-19)29-3/h11-13,18,22H,4-10,14-17H2,1-3H3/t18-,22+/m0/s1. The molecular formula is C24H36N2O4. The summed E-state index contributed by atoms with van der Waals surface area (Å²) >= 11 is 0. The van der Waals surface area contributed by atoms with Crippen LogP contribution in [0.2, 0.25) is 0 Å². The topological polar surface area (TPSA) is 51.2 Å². The van der Waals surface area contributed by atoms with Crippen molar-refractivity contribution in [3.05, 3.63) is 23.8 Å². The summed E-state index contributed by atoms with van der Waals surface area (Å²) in [7, 11) is 3.21. The Bertz CT molecular complexity index is 722. The van der Waals surface area contributed by atoms with E-state index in [-0.39, 0.29) is 11.3 Å². The van der Waals surface area contributed by atoms with Crippen LogP contribution in [-0.2, 0) is 4.74 Å². The molecule has 0 unspecified atom stereocenters. The minimum absolute atomic E-state index is 0.0554. The van der Waals surface area contributed by atoms with Gasteiger partial charge in [-0.1, -0.05) is 6.92 Å². The zero-order valence-electron chi connectivity index (χ0n) is 18.7. The molecule has 3 fully saturated rings. The molecule has 0 saturated carbocycles. The van der Waals surface area contributed by atoms with Crippen LogP contribution in [0.5, 0.6) is 11.5 Å². The lowest BCUT2D eigenvalue weighted by molar-refractivity contribution is 0.0401. The molecule has 0 bridgehead atoms. The summed E-state index contributed by atoms with van der Waals surface area (Å²) in [4.78, 5) is 17.6. The molecule has 30 heavy (non-hydrogen) atoms. The van der Waals surface area contributed by atoms with E-state index in [2.05, 4.69) is 11.8 Å². The molecule has 0 aliphatic carbocycles. The predicted octanol–water partition coefficient (Wildman–Crippen LogP) is 3.45. The average Bonchev–Trinajstić information content (AvgIpc) is 3.15. The lowest BCUT2D eigenvalue weighted by atomic mass is 9.76. The second kappa shape index (κ2) is 9.15. The number of likely N-dealkylation sites (tertiary alicyclic amines) is 2. The monoisotopic (exact) mass is 416 g/mol. The first kappa shape index (κ1) is 21.4. The molecule has 0 radical (unpaired) electrons. The van der Waals surface area contributed by atoms with E-state index in [0.29, 0.717) is 23.2 Å².